The molecular weight excluding hydrogens is 273 g/mol. The maximum absolute atomic E-state index is 13.1. The predicted octanol–water partition coefficient (Wildman–Crippen LogP) is 2.92. The fourth-order valence-electron chi connectivity index (χ4n) is 2.21. The molecule has 20 heavy (non-hydrogen) atoms. The van der Waals surface area contributed by atoms with Crippen molar-refractivity contribution >= 4 is 16.9 Å². The van der Waals surface area contributed by atoms with E-state index in [9.17, 15) is 18.0 Å². The number of carbonyl (C=O) groups is 1. The number of nitriles is 1. The summed E-state index contributed by atoms with van der Waals surface area (Å²) in [5, 5.41) is 17.5. The maximum Gasteiger partial charge on any atom is 0.418 e. The van der Waals surface area contributed by atoms with Gasteiger partial charge in [0, 0.05) is 16.6 Å². The van der Waals surface area contributed by atoms with Crippen LogP contribution in [0.15, 0.2) is 18.2 Å². The zero-order chi connectivity index (χ0) is 15.1. The van der Waals surface area contributed by atoms with Gasteiger partial charge in [0.2, 0.25) is 0 Å². The molecule has 0 amide bonds. The number of carboxylic acids is 1. The number of hydrogen-bond donors (Lipinski definition) is 1. The summed E-state index contributed by atoms with van der Waals surface area (Å²) < 4.78 is 40.5. The van der Waals surface area contributed by atoms with Gasteiger partial charge in [0.05, 0.1) is 17.2 Å². The van der Waals surface area contributed by atoms with E-state index in [-0.39, 0.29) is 10.9 Å². The number of alkyl halides is 3. The van der Waals surface area contributed by atoms with E-state index in [1.165, 1.54) is 29.7 Å². The van der Waals surface area contributed by atoms with E-state index in [1.807, 2.05) is 0 Å². The largest absolute Gasteiger partial charge is 0.480 e. The van der Waals surface area contributed by atoms with Gasteiger partial charge < -0.3 is 9.67 Å². The molecule has 0 aliphatic rings. The fraction of sp³-hybridized carbons (Fsp3) is 0.231. The lowest BCUT2D eigenvalue weighted by Gasteiger charge is -2.11. The Labute approximate surface area is 111 Å². The number of aromatic nitrogens is 1. The second-order valence-electron chi connectivity index (χ2n) is 4.30. The highest BCUT2D eigenvalue weighted by molar-refractivity contribution is 5.88. The Hall–Kier alpha value is -2.49. The number of rotatable bonds is 2. The highest BCUT2D eigenvalue weighted by Crippen LogP contribution is 2.38. The van der Waals surface area contributed by atoms with Crippen molar-refractivity contribution in [3.63, 3.8) is 0 Å². The summed E-state index contributed by atoms with van der Waals surface area (Å²) >= 11 is 0. The van der Waals surface area contributed by atoms with Crippen LogP contribution in [0.4, 0.5) is 13.2 Å². The van der Waals surface area contributed by atoms with Gasteiger partial charge >= 0.3 is 12.1 Å². The van der Waals surface area contributed by atoms with Gasteiger partial charge in [-0.3, -0.25) is 4.79 Å². The molecule has 0 fully saturated rings. The van der Waals surface area contributed by atoms with Crippen molar-refractivity contribution in [3.8, 4) is 6.07 Å². The third-order valence-corrected chi connectivity index (χ3v) is 2.99. The second kappa shape index (κ2) is 4.56. The number of halogens is 3. The minimum Gasteiger partial charge on any atom is -0.480 e. The molecule has 1 aromatic heterocycles. The molecule has 0 unspecified atom stereocenters. The number of nitrogens with zero attached hydrogens (tertiary/aromatic N) is 2. The fourth-order valence-corrected chi connectivity index (χ4v) is 2.21. The second-order valence-corrected chi connectivity index (χ2v) is 4.30. The monoisotopic (exact) mass is 282 g/mol. The average molecular weight is 282 g/mol. The molecule has 1 aromatic carbocycles. The first-order chi connectivity index (χ1) is 9.25. The lowest BCUT2D eigenvalue weighted by Crippen LogP contribution is -2.11. The molecule has 0 atom stereocenters. The third-order valence-electron chi connectivity index (χ3n) is 2.99. The van der Waals surface area contributed by atoms with Gasteiger partial charge in [0.1, 0.15) is 6.54 Å². The van der Waals surface area contributed by atoms with Gasteiger partial charge in [-0.05, 0) is 25.1 Å². The highest BCUT2D eigenvalue weighted by Gasteiger charge is 2.36. The van der Waals surface area contributed by atoms with Gasteiger partial charge in [-0.15, -0.1) is 0 Å². The van der Waals surface area contributed by atoms with Crippen molar-refractivity contribution in [1.29, 1.82) is 5.26 Å². The summed E-state index contributed by atoms with van der Waals surface area (Å²) in [5.74, 6) is -1.15. The first kappa shape index (κ1) is 13.9. The minimum absolute atomic E-state index is 0.149. The Bertz CT molecular complexity index is 739. The molecule has 4 nitrogen and oxygen atoms in total. The molecule has 0 aliphatic carbocycles. The standard InChI is InChI=1S/C13H9F3N2O2/c1-7-4-9-10(18(7)6-11(19)20)3-2-8(5-17)12(9)13(14,15)16/h2-4H,6H2,1H3,(H,19,20). The molecule has 104 valence electrons. The molecule has 0 radical (unpaired) electrons. The van der Waals surface area contributed by atoms with Crippen molar-refractivity contribution in [2.75, 3.05) is 0 Å². The smallest absolute Gasteiger partial charge is 0.418 e. The lowest BCUT2D eigenvalue weighted by atomic mass is 10.0. The molecule has 2 aromatic rings. The minimum atomic E-state index is -4.67. The van der Waals surface area contributed by atoms with E-state index < -0.39 is 29.8 Å². The Kier molecular flexibility index (Phi) is 3.18. The van der Waals surface area contributed by atoms with Crippen LogP contribution in [0.25, 0.3) is 10.9 Å². The van der Waals surface area contributed by atoms with Crippen molar-refractivity contribution in [2.45, 2.75) is 19.6 Å². The molecule has 0 bridgehead atoms. The predicted molar refractivity (Wildman–Crippen MR) is 64.0 cm³/mol. The number of benzene rings is 1. The normalized spacial score (nSPS) is 11.6. The van der Waals surface area contributed by atoms with Gasteiger partial charge in [-0.2, -0.15) is 18.4 Å². The van der Waals surface area contributed by atoms with Crippen LogP contribution < -0.4 is 0 Å². The molecule has 7 heteroatoms. The molecule has 2 rings (SSSR count). The first-order valence-corrected chi connectivity index (χ1v) is 5.57. The summed E-state index contributed by atoms with van der Waals surface area (Å²) in [4.78, 5) is 10.8. The van der Waals surface area contributed by atoms with Crippen LogP contribution in [0.2, 0.25) is 0 Å². The van der Waals surface area contributed by atoms with E-state index in [0.29, 0.717) is 5.69 Å². The molecule has 0 spiro atoms. The third kappa shape index (κ3) is 2.20. The molecule has 1 heterocycles. The van der Waals surface area contributed by atoms with Crippen LogP contribution in [-0.4, -0.2) is 15.6 Å². The highest BCUT2D eigenvalue weighted by atomic mass is 19.4. The van der Waals surface area contributed by atoms with E-state index in [1.54, 1.807) is 0 Å². The van der Waals surface area contributed by atoms with Crippen LogP contribution in [0, 0.1) is 18.3 Å². The van der Waals surface area contributed by atoms with E-state index in [4.69, 9.17) is 10.4 Å². The molecular formula is C13H9F3N2O2. The van der Waals surface area contributed by atoms with Crippen molar-refractivity contribution in [2.24, 2.45) is 0 Å². The zero-order valence-electron chi connectivity index (χ0n) is 10.3. The number of carboxylic acid groups (broad SMARTS) is 1. The number of fused-ring (bicyclic) bond motifs is 1. The molecule has 0 saturated carbocycles. The first-order valence-electron chi connectivity index (χ1n) is 5.57. The van der Waals surface area contributed by atoms with Gasteiger partial charge in [0.15, 0.2) is 0 Å². The quantitative estimate of drug-likeness (QED) is 0.921. The Balaban J connectivity index is 2.84. The lowest BCUT2D eigenvalue weighted by molar-refractivity contribution is -0.138. The van der Waals surface area contributed by atoms with Gasteiger partial charge in [-0.1, -0.05) is 0 Å². The van der Waals surface area contributed by atoms with Crippen molar-refractivity contribution < 1.29 is 23.1 Å². The maximum atomic E-state index is 13.1. The zero-order valence-corrected chi connectivity index (χ0v) is 10.3. The Morgan fingerprint density at radius 3 is 2.60 bits per heavy atom. The van der Waals surface area contributed by atoms with E-state index >= 15 is 0 Å². The molecule has 1 N–H and O–H groups in total. The van der Waals surface area contributed by atoms with Gasteiger partial charge in [-0.25, -0.2) is 0 Å². The molecule has 0 saturated heterocycles. The van der Waals surface area contributed by atoms with Gasteiger partial charge in [0.25, 0.3) is 0 Å². The summed E-state index contributed by atoms with van der Waals surface area (Å²) in [5.41, 5.74) is -0.957. The summed E-state index contributed by atoms with van der Waals surface area (Å²) in [6, 6.07) is 5.16. The van der Waals surface area contributed by atoms with Crippen LogP contribution in [0.3, 0.4) is 0 Å². The van der Waals surface area contributed by atoms with Crippen LogP contribution >= 0.6 is 0 Å². The van der Waals surface area contributed by atoms with Crippen molar-refractivity contribution in [1.82, 2.24) is 4.57 Å². The Morgan fingerprint density at radius 2 is 2.10 bits per heavy atom. The van der Waals surface area contributed by atoms with Crippen LogP contribution in [0.1, 0.15) is 16.8 Å². The summed E-state index contributed by atoms with van der Waals surface area (Å²) in [6.07, 6.45) is -4.67. The van der Waals surface area contributed by atoms with Crippen LogP contribution in [0.5, 0.6) is 0 Å². The topological polar surface area (TPSA) is 66.0 Å². The SMILES string of the molecule is Cc1cc2c(C(F)(F)F)c(C#N)ccc2n1CC(=O)O. The summed E-state index contributed by atoms with van der Waals surface area (Å²) in [6.45, 7) is 1.09. The average Bonchev–Trinajstić information content (AvgIpc) is 2.62. The number of aliphatic carboxylic acids is 1. The summed E-state index contributed by atoms with van der Waals surface area (Å²) in [7, 11) is 0. The number of hydrogen-bond acceptors (Lipinski definition) is 2. The van der Waals surface area contributed by atoms with Crippen molar-refractivity contribution in [3.05, 3.63) is 35.0 Å². The number of aryl methyl sites for hydroxylation is 1. The van der Waals surface area contributed by atoms with E-state index in [0.717, 1.165) is 6.07 Å². The Morgan fingerprint density at radius 1 is 1.45 bits per heavy atom. The van der Waals surface area contributed by atoms with Crippen LogP contribution in [-0.2, 0) is 17.5 Å². The molecule has 0 aliphatic heterocycles. The van der Waals surface area contributed by atoms with E-state index in [2.05, 4.69) is 0 Å².